The third-order valence-corrected chi connectivity index (χ3v) is 10.2. The SMILES string of the molecule is CC(C)c1cn2c3c(cc(C(=O)N[C@@H](Cc4ccccc4)[C@H](O)CNC4CCCCC4)cc13)N(C)S(=O)(=O)CC2. The zero-order chi connectivity index (χ0) is 28.4. The minimum Gasteiger partial charge on any atom is -0.390 e. The number of aliphatic hydroxyl groups excluding tert-OH is 1. The van der Waals surface area contributed by atoms with Crippen molar-refractivity contribution >= 4 is 32.5 Å². The van der Waals surface area contributed by atoms with Crippen molar-refractivity contribution in [2.75, 3.05) is 23.7 Å². The van der Waals surface area contributed by atoms with Crippen LogP contribution in [0.5, 0.6) is 0 Å². The second kappa shape index (κ2) is 11.9. The zero-order valence-corrected chi connectivity index (χ0v) is 24.6. The average molecular weight is 567 g/mol. The van der Waals surface area contributed by atoms with Gasteiger partial charge in [-0.25, -0.2) is 8.42 Å². The van der Waals surface area contributed by atoms with Crippen LogP contribution in [-0.2, 0) is 23.0 Å². The molecule has 1 amide bonds. The van der Waals surface area contributed by atoms with Crippen molar-refractivity contribution in [1.29, 1.82) is 0 Å². The lowest BCUT2D eigenvalue weighted by Crippen LogP contribution is -2.50. The van der Waals surface area contributed by atoms with E-state index in [4.69, 9.17) is 0 Å². The Labute approximate surface area is 237 Å². The van der Waals surface area contributed by atoms with Crippen LogP contribution in [0.2, 0.25) is 0 Å². The molecule has 1 aromatic heterocycles. The van der Waals surface area contributed by atoms with Crippen molar-refractivity contribution in [3.05, 3.63) is 65.4 Å². The van der Waals surface area contributed by atoms with Crippen LogP contribution in [0.3, 0.4) is 0 Å². The fourth-order valence-corrected chi connectivity index (χ4v) is 7.23. The number of aryl methyl sites for hydroxylation is 1. The van der Waals surface area contributed by atoms with Gasteiger partial charge < -0.3 is 20.3 Å². The molecule has 0 bridgehead atoms. The Bertz CT molecular complexity index is 1440. The molecule has 3 aromatic rings. The van der Waals surface area contributed by atoms with E-state index in [0.29, 0.717) is 36.8 Å². The molecule has 1 fully saturated rings. The van der Waals surface area contributed by atoms with Crippen LogP contribution in [-0.4, -0.2) is 61.5 Å². The Morgan fingerprint density at radius 3 is 2.52 bits per heavy atom. The molecule has 2 atom stereocenters. The number of carbonyl (C=O) groups excluding carboxylic acids is 1. The molecule has 8 nitrogen and oxygen atoms in total. The molecule has 0 saturated heterocycles. The van der Waals surface area contributed by atoms with Crippen molar-refractivity contribution in [3.8, 4) is 0 Å². The van der Waals surface area contributed by atoms with Crippen LogP contribution in [0.25, 0.3) is 10.9 Å². The highest BCUT2D eigenvalue weighted by Gasteiger charge is 2.30. The summed E-state index contributed by atoms with van der Waals surface area (Å²) in [7, 11) is -1.96. The summed E-state index contributed by atoms with van der Waals surface area (Å²) in [5, 5.41) is 18.8. The molecule has 5 rings (SSSR count). The fraction of sp³-hybridized carbons (Fsp3) is 0.516. The summed E-state index contributed by atoms with van der Waals surface area (Å²) >= 11 is 0. The summed E-state index contributed by atoms with van der Waals surface area (Å²) in [6, 6.07) is 13.3. The lowest BCUT2D eigenvalue weighted by atomic mass is 9.94. The standard InChI is InChI=1S/C31H42N4O4S/c1-21(2)26-20-35-14-15-40(38,39)34(3)28-18-23(17-25(26)30(28)35)31(37)33-27(16-22-10-6-4-7-11-22)29(36)19-32-24-12-8-5-9-13-24/h4,6-7,10-11,17-18,20-21,24,27,29,32,36H,5,8-9,12-16,19H2,1-3H3,(H,33,37)/t27-,29+/m0/s1. The van der Waals surface area contributed by atoms with Gasteiger partial charge in [-0.15, -0.1) is 0 Å². The van der Waals surface area contributed by atoms with Crippen LogP contribution in [0, 0.1) is 0 Å². The first-order valence-corrected chi connectivity index (χ1v) is 16.1. The number of aliphatic hydroxyl groups is 1. The molecule has 9 heteroatoms. The first-order chi connectivity index (χ1) is 19.1. The smallest absolute Gasteiger partial charge is 0.251 e. The predicted octanol–water partition coefficient (Wildman–Crippen LogP) is 4.17. The highest BCUT2D eigenvalue weighted by atomic mass is 32.2. The first kappa shape index (κ1) is 28.6. The molecule has 2 aliphatic rings. The van der Waals surface area contributed by atoms with Gasteiger partial charge in [0.1, 0.15) is 0 Å². The summed E-state index contributed by atoms with van der Waals surface area (Å²) < 4.78 is 29.2. The molecule has 1 aliphatic carbocycles. The fourth-order valence-electron chi connectivity index (χ4n) is 6.09. The van der Waals surface area contributed by atoms with Crippen molar-refractivity contribution in [2.45, 2.75) is 83.0 Å². The van der Waals surface area contributed by atoms with E-state index in [1.54, 1.807) is 13.1 Å². The molecule has 0 unspecified atom stereocenters. The number of nitrogens with zero attached hydrogens (tertiary/aromatic N) is 2. The maximum Gasteiger partial charge on any atom is 0.251 e. The molecule has 216 valence electrons. The topological polar surface area (TPSA) is 104 Å². The monoisotopic (exact) mass is 566 g/mol. The molecular weight excluding hydrogens is 524 g/mol. The highest BCUT2D eigenvalue weighted by molar-refractivity contribution is 7.92. The second-order valence-corrected chi connectivity index (χ2v) is 13.8. The average Bonchev–Trinajstić information content (AvgIpc) is 3.29. The number of aromatic nitrogens is 1. The zero-order valence-electron chi connectivity index (χ0n) is 23.8. The molecule has 2 heterocycles. The number of rotatable bonds is 9. The van der Waals surface area contributed by atoms with Crippen molar-refractivity contribution in [2.24, 2.45) is 0 Å². The molecule has 0 spiro atoms. The molecule has 0 radical (unpaired) electrons. The molecule has 1 saturated carbocycles. The number of hydrogen-bond acceptors (Lipinski definition) is 5. The Kier molecular flexibility index (Phi) is 8.54. The maximum absolute atomic E-state index is 13.8. The molecular formula is C31H42N4O4S. The van der Waals surface area contributed by atoms with Gasteiger partial charge in [0.25, 0.3) is 5.91 Å². The summed E-state index contributed by atoms with van der Waals surface area (Å²) in [6.45, 7) is 4.97. The Hall–Kier alpha value is -2.88. The summed E-state index contributed by atoms with van der Waals surface area (Å²) in [4.78, 5) is 13.8. The Morgan fingerprint density at radius 1 is 1.10 bits per heavy atom. The van der Waals surface area contributed by atoms with Gasteiger partial charge in [0, 0.05) is 43.3 Å². The minimum atomic E-state index is -3.52. The van der Waals surface area contributed by atoms with E-state index in [2.05, 4.69) is 24.5 Å². The van der Waals surface area contributed by atoms with Gasteiger partial charge >= 0.3 is 0 Å². The normalized spacial score (nSPS) is 19.0. The van der Waals surface area contributed by atoms with E-state index < -0.39 is 22.2 Å². The lowest BCUT2D eigenvalue weighted by Gasteiger charge is -2.28. The Morgan fingerprint density at radius 2 is 1.82 bits per heavy atom. The number of amides is 1. The van der Waals surface area contributed by atoms with Crippen LogP contribution >= 0.6 is 0 Å². The number of hydrogen-bond donors (Lipinski definition) is 3. The van der Waals surface area contributed by atoms with E-state index in [1.807, 2.05) is 47.2 Å². The summed E-state index contributed by atoms with van der Waals surface area (Å²) in [6.07, 6.45) is 7.61. The van der Waals surface area contributed by atoms with Crippen LogP contribution < -0.4 is 14.9 Å². The van der Waals surface area contributed by atoms with Gasteiger partial charge in [-0.05, 0) is 48.4 Å². The molecule has 2 aromatic carbocycles. The van der Waals surface area contributed by atoms with Crippen LogP contribution in [0.4, 0.5) is 5.69 Å². The number of benzene rings is 2. The van der Waals surface area contributed by atoms with Crippen LogP contribution in [0.1, 0.15) is 73.4 Å². The summed E-state index contributed by atoms with van der Waals surface area (Å²) in [5.74, 6) is -0.122. The number of sulfonamides is 1. The largest absolute Gasteiger partial charge is 0.390 e. The maximum atomic E-state index is 13.8. The van der Waals surface area contributed by atoms with Gasteiger partial charge in [0.2, 0.25) is 10.0 Å². The highest BCUT2D eigenvalue weighted by Crippen LogP contribution is 2.37. The van der Waals surface area contributed by atoms with E-state index in [-0.39, 0.29) is 17.6 Å². The quantitative estimate of drug-likeness (QED) is 0.361. The second-order valence-electron chi connectivity index (χ2n) is 11.7. The third kappa shape index (κ3) is 6.06. The van der Waals surface area contributed by atoms with Crippen molar-refractivity contribution in [3.63, 3.8) is 0 Å². The van der Waals surface area contributed by atoms with Crippen LogP contribution in [0.15, 0.2) is 48.7 Å². The molecule has 1 aliphatic heterocycles. The summed E-state index contributed by atoms with van der Waals surface area (Å²) in [5.41, 5.74) is 3.83. The lowest BCUT2D eigenvalue weighted by molar-refractivity contribution is 0.0821. The minimum absolute atomic E-state index is 0.000358. The van der Waals surface area contributed by atoms with Gasteiger partial charge in [0.15, 0.2) is 0 Å². The van der Waals surface area contributed by atoms with Gasteiger partial charge in [-0.1, -0.05) is 63.4 Å². The number of anilines is 1. The third-order valence-electron chi connectivity index (χ3n) is 8.51. The number of carbonyl (C=O) groups is 1. The van der Waals surface area contributed by atoms with Gasteiger partial charge in [-0.3, -0.25) is 9.10 Å². The first-order valence-electron chi connectivity index (χ1n) is 14.5. The van der Waals surface area contributed by atoms with Crippen molar-refractivity contribution < 1.29 is 18.3 Å². The van der Waals surface area contributed by atoms with Gasteiger partial charge in [-0.2, -0.15) is 0 Å². The molecule has 40 heavy (non-hydrogen) atoms. The van der Waals surface area contributed by atoms with E-state index in [1.165, 1.54) is 23.6 Å². The Balaban J connectivity index is 1.45. The van der Waals surface area contributed by atoms with E-state index >= 15 is 0 Å². The van der Waals surface area contributed by atoms with E-state index in [9.17, 15) is 18.3 Å². The van der Waals surface area contributed by atoms with Gasteiger partial charge in [0.05, 0.1) is 29.1 Å². The predicted molar refractivity (Wildman–Crippen MR) is 160 cm³/mol. The number of nitrogens with one attached hydrogen (secondary N) is 2. The van der Waals surface area contributed by atoms with Crippen molar-refractivity contribution in [1.82, 2.24) is 15.2 Å². The van der Waals surface area contributed by atoms with E-state index in [0.717, 1.165) is 34.9 Å². The molecule has 3 N–H and O–H groups in total.